The van der Waals surface area contributed by atoms with Crippen molar-refractivity contribution >= 4 is 10.0 Å². The van der Waals surface area contributed by atoms with Gasteiger partial charge in [0.1, 0.15) is 0 Å². The van der Waals surface area contributed by atoms with Crippen molar-refractivity contribution in [1.29, 1.82) is 0 Å². The molecule has 20 heavy (non-hydrogen) atoms. The van der Waals surface area contributed by atoms with Crippen LogP contribution in [0.25, 0.3) is 0 Å². The average Bonchev–Trinajstić information content (AvgIpc) is 2.70. The third-order valence-corrected chi connectivity index (χ3v) is 5.69. The lowest BCUT2D eigenvalue weighted by Gasteiger charge is -2.31. The van der Waals surface area contributed by atoms with Gasteiger partial charge in [-0.1, -0.05) is 6.42 Å². The second-order valence-electron chi connectivity index (χ2n) is 5.58. The van der Waals surface area contributed by atoms with E-state index in [0.717, 1.165) is 25.1 Å². The van der Waals surface area contributed by atoms with E-state index in [1.54, 1.807) is 12.3 Å². The zero-order chi connectivity index (χ0) is 14.8. The highest BCUT2D eigenvalue weighted by Crippen LogP contribution is 2.30. The maximum atomic E-state index is 12.4. The number of aryl methyl sites for hydroxylation is 1. The molecule has 1 fully saturated rings. The first-order chi connectivity index (χ1) is 9.47. The molecule has 0 spiro atoms. The van der Waals surface area contributed by atoms with Crippen LogP contribution in [0, 0.1) is 5.92 Å². The van der Waals surface area contributed by atoms with Crippen molar-refractivity contribution in [2.75, 3.05) is 7.05 Å². The highest BCUT2D eigenvalue weighted by Gasteiger charge is 2.28. The first-order valence-electron chi connectivity index (χ1n) is 7.34. The Morgan fingerprint density at radius 1 is 1.45 bits per heavy atom. The number of hydrogen-bond donors (Lipinski definition) is 2. The van der Waals surface area contributed by atoms with Gasteiger partial charge in [-0.15, -0.1) is 0 Å². The van der Waals surface area contributed by atoms with Gasteiger partial charge < -0.3 is 9.88 Å². The third-order valence-electron chi connectivity index (χ3n) is 4.17. The van der Waals surface area contributed by atoms with Crippen molar-refractivity contribution in [2.24, 2.45) is 5.92 Å². The molecule has 1 aromatic heterocycles. The van der Waals surface area contributed by atoms with Crippen molar-refractivity contribution in [3.05, 3.63) is 18.0 Å². The van der Waals surface area contributed by atoms with Gasteiger partial charge in [0.15, 0.2) is 0 Å². The van der Waals surface area contributed by atoms with Gasteiger partial charge in [0.05, 0.1) is 4.90 Å². The molecule has 1 heterocycles. The topological polar surface area (TPSA) is 63.1 Å². The van der Waals surface area contributed by atoms with E-state index in [0.29, 0.717) is 17.4 Å². The molecule has 6 heteroatoms. The first-order valence-corrected chi connectivity index (χ1v) is 8.82. The quantitative estimate of drug-likeness (QED) is 0.805. The van der Waals surface area contributed by atoms with Crippen molar-refractivity contribution in [1.82, 2.24) is 14.6 Å². The number of nitrogens with zero attached hydrogens (tertiary/aromatic N) is 1. The van der Waals surface area contributed by atoms with E-state index in [4.69, 9.17) is 0 Å². The van der Waals surface area contributed by atoms with E-state index in [9.17, 15) is 8.42 Å². The minimum atomic E-state index is -3.41. The van der Waals surface area contributed by atoms with Crippen LogP contribution in [0.3, 0.4) is 0 Å². The van der Waals surface area contributed by atoms with E-state index in [-0.39, 0.29) is 6.04 Å². The van der Waals surface area contributed by atoms with E-state index in [1.165, 1.54) is 6.42 Å². The number of sulfonamides is 1. The van der Waals surface area contributed by atoms with Crippen molar-refractivity contribution in [3.8, 4) is 0 Å². The van der Waals surface area contributed by atoms with Gasteiger partial charge in [0.25, 0.3) is 0 Å². The summed E-state index contributed by atoms with van der Waals surface area (Å²) in [6.45, 7) is 5.42. The average molecular weight is 299 g/mol. The maximum Gasteiger partial charge on any atom is 0.242 e. The molecule has 0 bridgehead atoms. The fraction of sp³-hybridized carbons (Fsp3) is 0.714. The van der Waals surface area contributed by atoms with Gasteiger partial charge >= 0.3 is 0 Å². The summed E-state index contributed by atoms with van der Waals surface area (Å²) >= 11 is 0. The van der Waals surface area contributed by atoms with E-state index >= 15 is 0 Å². The van der Waals surface area contributed by atoms with Crippen LogP contribution in [-0.2, 0) is 23.1 Å². The molecular formula is C14H25N3O2S. The molecule has 1 unspecified atom stereocenters. The van der Waals surface area contributed by atoms with Crippen LogP contribution < -0.4 is 10.0 Å². The SMILES string of the molecule is CCn1cc(S(=O)(=O)NC(C)C2CCC2)cc1CNC. The Hall–Kier alpha value is -0.850. The second-order valence-corrected chi connectivity index (χ2v) is 7.30. The summed E-state index contributed by atoms with van der Waals surface area (Å²) in [5, 5.41) is 3.06. The Kier molecular flexibility index (Phi) is 4.88. The molecule has 1 atom stereocenters. The first kappa shape index (κ1) is 15.5. The molecule has 5 nitrogen and oxygen atoms in total. The summed E-state index contributed by atoms with van der Waals surface area (Å²) in [5.41, 5.74) is 0.992. The highest BCUT2D eigenvalue weighted by atomic mass is 32.2. The Labute approximate surface area is 121 Å². The Bertz CT molecular complexity index is 547. The molecule has 2 N–H and O–H groups in total. The largest absolute Gasteiger partial charge is 0.349 e. The summed E-state index contributed by atoms with van der Waals surface area (Å²) < 4.78 is 29.6. The number of hydrogen-bond acceptors (Lipinski definition) is 3. The standard InChI is InChI=1S/C14H25N3O2S/c1-4-17-10-14(8-13(17)9-15-3)20(18,19)16-11(2)12-6-5-7-12/h8,10-12,15-16H,4-7,9H2,1-3H3. The fourth-order valence-electron chi connectivity index (χ4n) is 2.64. The van der Waals surface area contributed by atoms with Crippen molar-refractivity contribution < 1.29 is 8.42 Å². The Morgan fingerprint density at radius 2 is 2.15 bits per heavy atom. The number of aromatic nitrogens is 1. The zero-order valence-electron chi connectivity index (χ0n) is 12.5. The van der Waals surface area contributed by atoms with E-state index in [1.807, 2.05) is 25.5 Å². The Balaban J connectivity index is 2.15. The van der Waals surface area contributed by atoms with Gasteiger partial charge in [-0.25, -0.2) is 13.1 Å². The highest BCUT2D eigenvalue weighted by molar-refractivity contribution is 7.89. The lowest BCUT2D eigenvalue weighted by molar-refractivity contribution is 0.260. The van der Waals surface area contributed by atoms with E-state index < -0.39 is 10.0 Å². The normalized spacial score (nSPS) is 17.9. The van der Waals surface area contributed by atoms with Crippen molar-refractivity contribution in [2.45, 2.75) is 57.1 Å². The van der Waals surface area contributed by atoms with Crippen LogP contribution in [0.15, 0.2) is 17.2 Å². The number of nitrogens with one attached hydrogen (secondary N) is 2. The molecule has 1 aliphatic carbocycles. The van der Waals surface area contributed by atoms with Crippen LogP contribution in [0.1, 0.15) is 38.8 Å². The fourth-order valence-corrected chi connectivity index (χ4v) is 4.02. The van der Waals surface area contributed by atoms with Gasteiger partial charge in [-0.05, 0) is 45.7 Å². The minimum Gasteiger partial charge on any atom is -0.349 e. The predicted molar refractivity (Wildman–Crippen MR) is 80.0 cm³/mol. The predicted octanol–water partition coefficient (Wildman–Crippen LogP) is 1.69. The Morgan fingerprint density at radius 3 is 2.65 bits per heavy atom. The van der Waals surface area contributed by atoms with Gasteiger partial charge in [-0.2, -0.15) is 0 Å². The van der Waals surface area contributed by atoms with Crippen LogP contribution in [-0.4, -0.2) is 26.1 Å². The van der Waals surface area contributed by atoms with Crippen LogP contribution >= 0.6 is 0 Å². The smallest absolute Gasteiger partial charge is 0.242 e. The molecule has 2 rings (SSSR count). The zero-order valence-corrected chi connectivity index (χ0v) is 13.3. The van der Waals surface area contributed by atoms with Gasteiger partial charge in [0.2, 0.25) is 10.0 Å². The minimum absolute atomic E-state index is 0.0199. The third kappa shape index (κ3) is 3.24. The molecule has 1 saturated carbocycles. The molecule has 0 aromatic carbocycles. The molecule has 1 aliphatic rings. The molecule has 0 amide bonds. The second kappa shape index (κ2) is 6.28. The molecule has 0 radical (unpaired) electrons. The molecule has 0 saturated heterocycles. The number of rotatable bonds is 7. The summed E-state index contributed by atoms with van der Waals surface area (Å²) in [7, 11) is -1.55. The monoisotopic (exact) mass is 299 g/mol. The van der Waals surface area contributed by atoms with Gasteiger partial charge in [-0.3, -0.25) is 0 Å². The lowest BCUT2D eigenvalue weighted by atomic mass is 9.81. The summed E-state index contributed by atoms with van der Waals surface area (Å²) in [6.07, 6.45) is 5.20. The van der Waals surface area contributed by atoms with E-state index in [2.05, 4.69) is 10.0 Å². The maximum absolute atomic E-state index is 12.4. The lowest BCUT2D eigenvalue weighted by Crippen LogP contribution is -2.40. The summed E-state index contributed by atoms with van der Waals surface area (Å²) in [4.78, 5) is 0.371. The molecule has 114 valence electrons. The van der Waals surface area contributed by atoms with Crippen molar-refractivity contribution in [3.63, 3.8) is 0 Å². The molecule has 0 aliphatic heterocycles. The van der Waals surface area contributed by atoms with Crippen LogP contribution in [0.4, 0.5) is 0 Å². The van der Waals surface area contributed by atoms with Crippen LogP contribution in [0.5, 0.6) is 0 Å². The molecule has 1 aromatic rings. The summed E-state index contributed by atoms with van der Waals surface area (Å²) in [5.74, 6) is 0.495. The summed E-state index contributed by atoms with van der Waals surface area (Å²) in [6, 6.07) is 1.78. The van der Waals surface area contributed by atoms with Crippen LogP contribution in [0.2, 0.25) is 0 Å². The molecular weight excluding hydrogens is 274 g/mol. The van der Waals surface area contributed by atoms with Gasteiger partial charge in [0, 0.05) is 31.0 Å².